The second-order valence-corrected chi connectivity index (χ2v) is 5.86. The van der Waals surface area contributed by atoms with E-state index in [-0.39, 0.29) is 18.0 Å². The van der Waals surface area contributed by atoms with Crippen LogP contribution in [0.5, 0.6) is 0 Å². The minimum atomic E-state index is -0.954. The molecule has 2 amide bonds. The van der Waals surface area contributed by atoms with Gasteiger partial charge < -0.3 is 15.3 Å². The Balaban J connectivity index is 2.61. The van der Waals surface area contributed by atoms with Crippen molar-refractivity contribution in [2.75, 3.05) is 6.54 Å². The van der Waals surface area contributed by atoms with Crippen LogP contribution in [0.1, 0.15) is 52.9 Å². The third-order valence-electron chi connectivity index (χ3n) is 3.62. The molecule has 1 aliphatic rings. The fourth-order valence-electron chi connectivity index (χ4n) is 2.50. The first-order valence-electron chi connectivity index (χ1n) is 7.21. The summed E-state index contributed by atoms with van der Waals surface area (Å²) in [5, 5.41) is 11.8. The topological polar surface area (TPSA) is 69.6 Å². The van der Waals surface area contributed by atoms with Gasteiger partial charge in [-0.25, -0.2) is 9.59 Å². The van der Waals surface area contributed by atoms with Crippen molar-refractivity contribution in [3.05, 3.63) is 0 Å². The molecule has 1 aliphatic heterocycles. The monoisotopic (exact) mass is 270 g/mol. The lowest BCUT2D eigenvalue weighted by Gasteiger charge is -2.29. The number of hydrogen-bond acceptors (Lipinski definition) is 2. The number of carbonyl (C=O) groups is 2. The Morgan fingerprint density at radius 2 is 2.00 bits per heavy atom. The molecular formula is C14H26N2O3. The van der Waals surface area contributed by atoms with Crippen molar-refractivity contribution in [2.45, 2.75) is 65.0 Å². The maximum atomic E-state index is 12.2. The first kappa shape index (κ1) is 15.8. The molecule has 0 aromatic carbocycles. The maximum Gasteiger partial charge on any atom is 0.326 e. The van der Waals surface area contributed by atoms with Crippen LogP contribution in [0.25, 0.3) is 0 Å². The van der Waals surface area contributed by atoms with Gasteiger partial charge in [0.15, 0.2) is 0 Å². The molecule has 110 valence electrons. The molecule has 0 aromatic heterocycles. The fraction of sp³-hybridized carbons (Fsp3) is 0.857. The van der Waals surface area contributed by atoms with Crippen LogP contribution in [0.3, 0.4) is 0 Å². The average molecular weight is 270 g/mol. The van der Waals surface area contributed by atoms with E-state index in [1.54, 1.807) is 4.90 Å². The quantitative estimate of drug-likeness (QED) is 0.824. The summed E-state index contributed by atoms with van der Waals surface area (Å²) in [6.45, 7) is 6.66. The van der Waals surface area contributed by atoms with Gasteiger partial charge in [-0.3, -0.25) is 0 Å². The number of carboxylic acid groups (broad SMARTS) is 1. The minimum absolute atomic E-state index is 0.191. The highest BCUT2D eigenvalue weighted by atomic mass is 16.4. The highest BCUT2D eigenvalue weighted by Gasteiger charge is 2.27. The number of nitrogens with one attached hydrogen (secondary N) is 1. The maximum absolute atomic E-state index is 12.2. The van der Waals surface area contributed by atoms with Gasteiger partial charge in [-0.1, -0.05) is 26.7 Å². The van der Waals surface area contributed by atoms with E-state index in [1.807, 2.05) is 20.8 Å². The van der Waals surface area contributed by atoms with Crippen molar-refractivity contribution in [1.29, 1.82) is 0 Å². The number of amides is 2. The van der Waals surface area contributed by atoms with E-state index in [0.29, 0.717) is 6.42 Å². The summed E-state index contributed by atoms with van der Waals surface area (Å²) in [6, 6.07) is -0.832. The third kappa shape index (κ3) is 5.09. The number of rotatable bonds is 4. The molecule has 0 saturated carbocycles. The van der Waals surface area contributed by atoms with E-state index >= 15 is 0 Å². The molecule has 1 heterocycles. The summed E-state index contributed by atoms with van der Waals surface area (Å²) in [6.07, 6.45) is 4.74. The summed E-state index contributed by atoms with van der Waals surface area (Å²) in [7, 11) is 0. The van der Waals surface area contributed by atoms with Crippen LogP contribution in [0.15, 0.2) is 0 Å². The number of likely N-dealkylation sites (tertiary alicyclic amines) is 1. The van der Waals surface area contributed by atoms with E-state index in [9.17, 15) is 9.59 Å². The lowest BCUT2D eigenvalue weighted by atomic mass is 10.0. The normalized spacial score (nSPS) is 21.9. The summed E-state index contributed by atoms with van der Waals surface area (Å²) in [5.41, 5.74) is 0. The molecule has 0 aliphatic carbocycles. The van der Waals surface area contributed by atoms with Crippen LogP contribution >= 0.6 is 0 Å². The van der Waals surface area contributed by atoms with Crippen LogP contribution in [-0.4, -0.2) is 40.6 Å². The highest BCUT2D eigenvalue weighted by molar-refractivity contribution is 5.82. The summed E-state index contributed by atoms with van der Waals surface area (Å²) < 4.78 is 0. The van der Waals surface area contributed by atoms with Gasteiger partial charge in [0.25, 0.3) is 0 Å². The van der Waals surface area contributed by atoms with Crippen molar-refractivity contribution in [1.82, 2.24) is 10.2 Å². The molecular weight excluding hydrogens is 244 g/mol. The van der Waals surface area contributed by atoms with Gasteiger partial charge in [0.05, 0.1) is 0 Å². The summed E-state index contributed by atoms with van der Waals surface area (Å²) in [5.74, 6) is -0.715. The van der Waals surface area contributed by atoms with Gasteiger partial charge in [-0.15, -0.1) is 0 Å². The minimum Gasteiger partial charge on any atom is -0.480 e. The standard InChI is InChI=1S/C14H26N2O3/c1-10(2)9-12(13(17)18)15-14(19)16-8-6-4-5-7-11(16)3/h10-12H,4-9H2,1-3H3,(H,15,19)(H,17,18)/t11?,12-/m0/s1. The van der Waals surface area contributed by atoms with Gasteiger partial charge >= 0.3 is 12.0 Å². The first-order chi connectivity index (χ1) is 8.91. The average Bonchev–Trinajstić information content (AvgIpc) is 2.52. The van der Waals surface area contributed by atoms with Gasteiger partial charge in [0.1, 0.15) is 6.04 Å². The summed E-state index contributed by atoms with van der Waals surface area (Å²) >= 11 is 0. The molecule has 0 aromatic rings. The van der Waals surface area contributed by atoms with Gasteiger partial charge in [-0.05, 0) is 32.1 Å². The van der Waals surface area contributed by atoms with Crippen LogP contribution < -0.4 is 5.32 Å². The largest absolute Gasteiger partial charge is 0.480 e. The lowest BCUT2D eigenvalue weighted by molar-refractivity contribution is -0.139. The van der Waals surface area contributed by atoms with Crippen LogP contribution in [-0.2, 0) is 4.79 Å². The highest BCUT2D eigenvalue weighted by Crippen LogP contribution is 2.16. The van der Waals surface area contributed by atoms with E-state index in [1.165, 1.54) is 0 Å². The molecule has 0 bridgehead atoms. The van der Waals surface area contributed by atoms with Gasteiger partial charge in [0, 0.05) is 12.6 Å². The Labute approximate surface area is 115 Å². The molecule has 1 unspecified atom stereocenters. The number of aliphatic carboxylic acids is 1. The van der Waals surface area contributed by atoms with E-state index < -0.39 is 12.0 Å². The molecule has 5 nitrogen and oxygen atoms in total. The molecule has 1 saturated heterocycles. The zero-order valence-electron chi connectivity index (χ0n) is 12.2. The first-order valence-corrected chi connectivity index (χ1v) is 7.21. The Hall–Kier alpha value is -1.26. The van der Waals surface area contributed by atoms with E-state index in [2.05, 4.69) is 5.32 Å². The molecule has 1 fully saturated rings. The second kappa shape index (κ2) is 7.36. The summed E-state index contributed by atoms with van der Waals surface area (Å²) in [4.78, 5) is 25.2. The van der Waals surface area contributed by atoms with Crippen molar-refractivity contribution in [2.24, 2.45) is 5.92 Å². The Morgan fingerprint density at radius 3 is 2.58 bits per heavy atom. The molecule has 5 heteroatoms. The second-order valence-electron chi connectivity index (χ2n) is 5.86. The fourth-order valence-corrected chi connectivity index (χ4v) is 2.50. The molecule has 2 N–H and O–H groups in total. The molecule has 2 atom stereocenters. The number of urea groups is 1. The van der Waals surface area contributed by atoms with Crippen LogP contribution in [0.2, 0.25) is 0 Å². The predicted molar refractivity (Wildman–Crippen MR) is 74.0 cm³/mol. The predicted octanol–water partition coefficient (Wildman–Crippen LogP) is 2.46. The molecule has 0 spiro atoms. The van der Waals surface area contributed by atoms with Crippen molar-refractivity contribution in [3.63, 3.8) is 0 Å². The van der Waals surface area contributed by atoms with Gasteiger partial charge in [0.2, 0.25) is 0 Å². The van der Waals surface area contributed by atoms with Crippen LogP contribution in [0, 0.1) is 5.92 Å². The lowest BCUT2D eigenvalue weighted by Crippen LogP contribution is -2.51. The Bertz CT molecular complexity index is 318. The SMILES string of the molecule is CC(C)C[C@H](NC(=O)N1CCCCCC1C)C(=O)O. The number of hydrogen-bond donors (Lipinski definition) is 2. The number of carbonyl (C=O) groups excluding carboxylic acids is 1. The third-order valence-corrected chi connectivity index (χ3v) is 3.62. The van der Waals surface area contributed by atoms with E-state index in [0.717, 1.165) is 32.2 Å². The molecule has 0 radical (unpaired) electrons. The van der Waals surface area contributed by atoms with Gasteiger partial charge in [-0.2, -0.15) is 0 Å². The van der Waals surface area contributed by atoms with Crippen molar-refractivity contribution < 1.29 is 14.7 Å². The smallest absolute Gasteiger partial charge is 0.326 e. The van der Waals surface area contributed by atoms with Crippen LogP contribution in [0.4, 0.5) is 4.79 Å². The zero-order chi connectivity index (χ0) is 14.4. The Kier molecular flexibility index (Phi) is 6.12. The Morgan fingerprint density at radius 1 is 1.32 bits per heavy atom. The zero-order valence-corrected chi connectivity index (χ0v) is 12.2. The number of carboxylic acids is 1. The van der Waals surface area contributed by atoms with Crippen molar-refractivity contribution >= 4 is 12.0 Å². The van der Waals surface area contributed by atoms with Crippen molar-refractivity contribution in [3.8, 4) is 0 Å². The molecule has 19 heavy (non-hydrogen) atoms. The number of nitrogens with zero attached hydrogens (tertiary/aromatic N) is 1. The van der Waals surface area contributed by atoms with E-state index in [4.69, 9.17) is 5.11 Å². The molecule has 1 rings (SSSR count).